The van der Waals surface area contributed by atoms with Crippen LogP contribution in [0.2, 0.25) is 9.44 Å². The molecule has 1 atom stereocenters. The van der Waals surface area contributed by atoms with E-state index in [1.807, 2.05) is 30.3 Å². The first-order valence-corrected chi connectivity index (χ1v) is 7.54. The summed E-state index contributed by atoms with van der Waals surface area (Å²) in [5.41, 5.74) is 1.06. The molecule has 1 aromatic carbocycles. The van der Waals surface area contributed by atoms with E-state index in [0.29, 0.717) is 0 Å². The van der Waals surface area contributed by atoms with Crippen molar-refractivity contribution in [2.24, 2.45) is 0 Å². The van der Waals surface area contributed by atoms with Gasteiger partial charge in [0.2, 0.25) is 0 Å². The minimum atomic E-state index is -0.219. The van der Waals surface area contributed by atoms with Crippen LogP contribution in [0.25, 0.3) is 0 Å². The van der Waals surface area contributed by atoms with Crippen LogP contribution in [0.5, 0.6) is 0 Å². The van der Waals surface area contributed by atoms with Crippen molar-refractivity contribution in [2.45, 2.75) is 15.5 Å². The summed E-state index contributed by atoms with van der Waals surface area (Å²) in [5, 5.41) is 9.55. The van der Waals surface area contributed by atoms with Crippen LogP contribution < -0.4 is 0 Å². The normalized spacial score (nSPS) is 12.9. The Morgan fingerprint density at radius 1 is 1.36 bits per heavy atom. The van der Waals surface area contributed by atoms with Crippen molar-refractivity contribution in [1.29, 1.82) is 0 Å². The van der Waals surface area contributed by atoms with Gasteiger partial charge in [-0.05, 0) is 0 Å². The number of hydrogen-bond donors (Lipinski definition) is 1. The van der Waals surface area contributed by atoms with Gasteiger partial charge in [0.1, 0.15) is 0 Å². The first kappa shape index (κ1) is 9.06. The van der Waals surface area contributed by atoms with E-state index >= 15 is 0 Å². The third-order valence-corrected chi connectivity index (χ3v) is 3.36. The van der Waals surface area contributed by atoms with Gasteiger partial charge in [-0.3, -0.25) is 0 Å². The van der Waals surface area contributed by atoms with Crippen LogP contribution in [-0.2, 0) is 0 Å². The molecule has 0 aliphatic heterocycles. The van der Waals surface area contributed by atoms with Gasteiger partial charge in [0.15, 0.2) is 0 Å². The molecule has 0 saturated heterocycles. The quantitative estimate of drug-likeness (QED) is 0.826. The van der Waals surface area contributed by atoms with Gasteiger partial charge in [-0.2, -0.15) is 0 Å². The molecule has 0 aliphatic carbocycles. The van der Waals surface area contributed by atoms with Gasteiger partial charge in [0.05, 0.1) is 0 Å². The van der Waals surface area contributed by atoms with Gasteiger partial charge in [0.25, 0.3) is 0 Å². The molecule has 0 aliphatic rings. The molecule has 0 amide bonds. The zero-order valence-corrected chi connectivity index (χ0v) is 8.86. The number of aliphatic hydroxyl groups is 1. The van der Waals surface area contributed by atoms with E-state index in [4.69, 9.17) is 0 Å². The van der Waals surface area contributed by atoms with E-state index in [1.54, 1.807) is 0 Å². The standard InChI is InChI=1S/C9H12OTe/c1-11-7-9(10)8-5-3-2-4-6-8/h2-6,9-10H,7H2,1H3/t9-/m1/s1. The molecule has 2 heteroatoms. The summed E-state index contributed by atoms with van der Waals surface area (Å²) >= 11 is 0.0400. The Morgan fingerprint density at radius 3 is 2.55 bits per heavy atom. The fraction of sp³-hybridized carbons (Fsp3) is 0.333. The van der Waals surface area contributed by atoms with E-state index < -0.39 is 0 Å². The first-order chi connectivity index (χ1) is 5.34. The summed E-state index contributed by atoms with van der Waals surface area (Å²) < 4.78 is 0.981. The van der Waals surface area contributed by atoms with Crippen LogP contribution in [0.3, 0.4) is 0 Å². The van der Waals surface area contributed by atoms with Gasteiger partial charge >= 0.3 is 77.5 Å². The summed E-state index contributed by atoms with van der Waals surface area (Å²) in [6.45, 7) is 0. The summed E-state index contributed by atoms with van der Waals surface area (Å²) in [6.07, 6.45) is -0.219. The molecule has 0 unspecified atom stereocenters. The fourth-order valence-electron chi connectivity index (χ4n) is 0.929. The van der Waals surface area contributed by atoms with Crippen LogP contribution in [0.4, 0.5) is 0 Å². The second kappa shape index (κ2) is 4.77. The summed E-state index contributed by atoms with van der Waals surface area (Å²) in [4.78, 5) is 2.21. The summed E-state index contributed by atoms with van der Waals surface area (Å²) in [7, 11) is 0. The maximum absolute atomic E-state index is 9.55. The van der Waals surface area contributed by atoms with E-state index in [9.17, 15) is 5.11 Å². The number of rotatable bonds is 3. The average Bonchev–Trinajstić information content (AvgIpc) is 2.07. The van der Waals surface area contributed by atoms with E-state index in [2.05, 4.69) is 4.97 Å². The molecule has 0 radical (unpaired) electrons. The van der Waals surface area contributed by atoms with Gasteiger partial charge < -0.3 is 0 Å². The maximum atomic E-state index is 9.55. The molecule has 1 N–H and O–H groups in total. The predicted octanol–water partition coefficient (Wildman–Crippen LogP) is 1.89. The topological polar surface area (TPSA) is 20.2 Å². The molecule has 0 aromatic heterocycles. The van der Waals surface area contributed by atoms with Crippen molar-refractivity contribution < 1.29 is 5.11 Å². The van der Waals surface area contributed by atoms with Crippen LogP contribution in [0.1, 0.15) is 11.7 Å². The number of aliphatic hydroxyl groups excluding tert-OH is 1. The van der Waals surface area contributed by atoms with Gasteiger partial charge in [-0.1, -0.05) is 0 Å². The summed E-state index contributed by atoms with van der Waals surface area (Å²) in [5.74, 6) is 0. The van der Waals surface area contributed by atoms with Crippen LogP contribution in [-0.4, -0.2) is 26.0 Å². The summed E-state index contributed by atoms with van der Waals surface area (Å²) in [6, 6.07) is 9.86. The van der Waals surface area contributed by atoms with E-state index in [1.165, 1.54) is 0 Å². The SMILES string of the molecule is C[Te]C[C@@H](O)c1ccccc1. The molecule has 1 nitrogen and oxygen atoms in total. The minimum absolute atomic E-state index is 0.0400. The van der Waals surface area contributed by atoms with Crippen molar-refractivity contribution in [1.82, 2.24) is 0 Å². The molecular weight excluding hydrogens is 252 g/mol. The molecule has 0 spiro atoms. The van der Waals surface area contributed by atoms with Gasteiger partial charge in [-0.15, -0.1) is 0 Å². The van der Waals surface area contributed by atoms with Gasteiger partial charge in [0, 0.05) is 0 Å². The zero-order chi connectivity index (χ0) is 8.10. The van der Waals surface area contributed by atoms with E-state index in [-0.39, 0.29) is 27.0 Å². The first-order valence-electron chi connectivity index (χ1n) is 3.56. The van der Waals surface area contributed by atoms with Crippen molar-refractivity contribution >= 4 is 20.9 Å². The Kier molecular flexibility index (Phi) is 3.93. The van der Waals surface area contributed by atoms with Gasteiger partial charge in [-0.25, -0.2) is 0 Å². The molecule has 60 valence electrons. The Bertz CT molecular complexity index is 198. The molecule has 0 saturated carbocycles. The molecular formula is C9H12OTe. The fourth-order valence-corrected chi connectivity index (χ4v) is 2.38. The monoisotopic (exact) mass is 266 g/mol. The Hall–Kier alpha value is -0.0304. The molecule has 1 aromatic rings. The number of hydrogen-bond acceptors (Lipinski definition) is 1. The molecule has 1 rings (SSSR count). The third kappa shape index (κ3) is 2.83. The van der Waals surface area contributed by atoms with Crippen LogP contribution in [0, 0.1) is 0 Å². The molecule has 0 fully saturated rings. The Labute approximate surface area is 77.5 Å². The van der Waals surface area contributed by atoms with Crippen molar-refractivity contribution in [3.05, 3.63) is 35.9 Å². The third-order valence-electron chi connectivity index (χ3n) is 1.51. The Morgan fingerprint density at radius 2 is 2.00 bits per heavy atom. The second-order valence-corrected chi connectivity index (χ2v) is 4.98. The van der Waals surface area contributed by atoms with Crippen LogP contribution >= 0.6 is 0 Å². The molecule has 0 bridgehead atoms. The van der Waals surface area contributed by atoms with Crippen molar-refractivity contribution in [2.75, 3.05) is 0 Å². The van der Waals surface area contributed by atoms with Crippen molar-refractivity contribution in [3.8, 4) is 0 Å². The van der Waals surface area contributed by atoms with Crippen molar-refractivity contribution in [3.63, 3.8) is 0 Å². The molecule has 11 heavy (non-hydrogen) atoms. The zero-order valence-electron chi connectivity index (χ0n) is 6.53. The second-order valence-electron chi connectivity index (χ2n) is 2.38. The number of benzene rings is 1. The van der Waals surface area contributed by atoms with E-state index in [0.717, 1.165) is 10.0 Å². The van der Waals surface area contributed by atoms with Crippen LogP contribution in [0.15, 0.2) is 30.3 Å². The average molecular weight is 264 g/mol. The Balaban J connectivity index is 2.61. The predicted molar refractivity (Wildman–Crippen MR) is 47.8 cm³/mol. The molecule has 0 heterocycles.